The lowest BCUT2D eigenvalue weighted by atomic mass is 9.68. The van der Waals surface area contributed by atoms with Gasteiger partial charge in [-0.25, -0.2) is 0 Å². The van der Waals surface area contributed by atoms with E-state index in [0.717, 1.165) is 45.2 Å². The van der Waals surface area contributed by atoms with E-state index in [-0.39, 0.29) is 6.10 Å². The van der Waals surface area contributed by atoms with Gasteiger partial charge in [0.05, 0.1) is 19.3 Å². The smallest absolute Gasteiger partial charge is 0.0594 e. The highest BCUT2D eigenvalue weighted by Crippen LogP contribution is 2.40. The van der Waals surface area contributed by atoms with Crippen LogP contribution in [0.4, 0.5) is 0 Å². The average Bonchev–Trinajstić information content (AvgIpc) is 2.32. The Morgan fingerprint density at radius 1 is 1.17 bits per heavy atom. The monoisotopic (exact) mass is 255 g/mol. The van der Waals surface area contributed by atoms with Crippen molar-refractivity contribution >= 4 is 0 Å². The maximum atomic E-state index is 10.2. The Labute approximate surface area is 112 Å². The van der Waals surface area contributed by atoms with E-state index in [2.05, 4.69) is 25.7 Å². The average molecular weight is 255 g/mol. The molecule has 1 heterocycles. The minimum absolute atomic E-state index is 0.0913. The third kappa shape index (κ3) is 3.69. The molecule has 1 saturated carbocycles. The summed E-state index contributed by atoms with van der Waals surface area (Å²) in [7, 11) is 0. The number of aliphatic hydroxyl groups is 1. The molecule has 3 nitrogen and oxygen atoms in total. The number of aliphatic hydroxyl groups excluding tert-OH is 1. The van der Waals surface area contributed by atoms with E-state index in [9.17, 15) is 5.11 Å². The van der Waals surface area contributed by atoms with Crippen molar-refractivity contribution < 1.29 is 9.84 Å². The summed E-state index contributed by atoms with van der Waals surface area (Å²) < 4.78 is 5.39. The fourth-order valence-corrected chi connectivity index (χ4v) is 3.35. The molecule has 106 valence electrons. The summed E-state index contributed by atoms with van der Waals surface area (Å²) in [6.45, 7) is 11.8. The molecular formula is C15H29NO2. The fourth-order valence-electron chi connectivity index (χ4n) is 3.35. The maximum Gasteiger partial charge on any atom is 0.0594 e. The van der Waals surface area contributed by atoms with Crippen LogP contribution in [0.1, 0.15) is 40.0 Å². The van der Waals surface area contributed by atoms with Crippen molar-refractivity contribution in [3.8, 4) is 0 Å². The fraction of sp³-hybridized carbons (Fsp3) is 1.00. The Kier molecular flexibility index (Phi) is 4.68. The zero-order chi connectivity index (χ0) is 13.2. The first kappa shape index (κ1) is 14.3. The minimum Gasteiger partial charge on any atom is -0.393 e. The second-order valence-corrected chi connectivity index (χ2v) is 7.12. The normalized spacial score (nSPS) is 35.7. The predicted molar refractivity (Wildman–Crippen MR) is 73.6 cm³/mol. The molecule has 0 amide bonds. The Balaban J connectivity index is 1.88. The third-order valence-corrected chi connectivity index (χ3v) is 4.76. The van der Waals surface area contributed by atoms with Crippen molar-refractivity contribution in [3.63, 3.8) is 0 Å². The van der Waals surface area contributed by atoms with Gasteiger partial charge in [0.25, 0.3) is 0 Å². The molecule has 0 aromatic heterocycles. The Morgan fingerprint density at radius 3 is 2.44 bits per heavy atom. The van der Waals surface area contributed by atoms with Gasteiger partial charge in [0, 0.05) is 19.6 Å². The van der Waals surface area contributed by atoms with Gasteiger partial charge in [-0.3, -0.25) is 4.90 Å². The van der Waals surface area contributed by atoms with Crippen LogP contribution in [-0.4, -0.2) is 49.0 Å². The molecule has 1 saturated heterocycles. The summed E-state index contributed by atoms with van der Waals surface area (Å²) in [5, 5.41) is 10.2. The van der Waals surface area contributed by atoms with Crippen molar-refractivity contribution in [2.24, 2.45) is 17.3 Å². The summed E-state index contributed by atoms with van der Waals surface area (Å²) in [6, 6.07) is 0. The molecule has 3 heteroatoms. The van der Waals surface area contributed by atoms with E-state index < -0.39 is 0 Å². The Morgan fingerprint density at radius 2 is 1.83 bits per heavy atom. The van der Waals surface area contributed by atoms with E-state index in [1.807, 2.05) is 0 Å². The van der Waals surface area contributed by atoms with Crippen LogP contribution >= 0.6 is 0 Å². The van der Waals surface area contributed by atoms with Gasteiger partial charge in [-0.15, -0.1) is 0 Å². The van der Waals surface area contributed by atoms with Crippen LogP contribution < -0.4 is 0 Å². The van der Waals surface area contributed by atoms with Crippen LogP contribution in [0.3, 0.4) is 0 Å². The Hall–Kier alpha value is -0.120. The lowest BCUT2D eigenvalue weighted by Gasteiger charge is -2.42. The quantitative estimate of drug-likeness (QED) is 0.820. The summed E-state index contributed by atoms with van der Waals surface area (Å²) in [5.41, 5.74) is 0.378. The van der Waals surface area contributed by atoms with E-state index in [1.165, 1.54) is 12.8 Å². The van der Waals surface area contributed by atoms with Crippen LogP contribution in [0.15, 0.2) is 0 Å². The number of morpholine rings is 1. The molecule has 0 bridgehead atoms. The highest BCUT2D eigenvalue weighted by atomic mass is 16.5. The van der Waals surface area contributed by atoms with Gasteiger partial charge < -0.3 is 9.84 Å². The Bertz CT molecular complexity index is 256. The van der Waals surface area contributed by atoms with E-state index in [1.54, 1.807) is 0 Å². The molecule has 2 rings (SSSR count). The van der Waals surface area contributed by atoms with E-state index in [4.69, 9.17) is 4.74 Å². The highest BCUT2D eigenvalue weighted by molar-refractivity contribution is 4.87. The zero-order valence-corrected chi connectivity index (χ0v) is 12.2. The second kappa shape index (κ2) is 5.89. The van der Waals surface area contributed by atoms with Gasteiger partial charge in [-0.2, -0.15) is 0 Å². The largest absolute Gasteiger partial charge is 0.393 e. The van der Waals surface area contributed by atoms with Crippen molar-refractivity contribution in [1.29, 1.82) is 0 Å². The lowest BCUT2D eigenvalue weighted by Crippen LogP contribution is -2.45. The predicted octanol–water partition coefficient (Wildman–Crippen LogP) is 2.14. The molecule has 1 N–H and O–H groups in total. The van der Waals surface area contributed by atoms with Gasteiger partial charge in [-0.1, -0.05) is 20.8 Å². The molecule has 3 unspecified atom stereocenters. The number of ether oxygens (including phenoxy) is 1. The van der Waals surface area contributed by atoms with Crippen molar-refractivity contribution in [2.75, 3.05) is 32.8 Å². The molecule has 0 aromatic rings. The number of hydrogen-bond acceptors (Lipinski definition) is 3. The second-order valence-electron chi connectivity index (χ2n) is 7.12. The molecule has 1 aliphatic heterocycles. The summed E-state index contributed by atoms with van der Waals surface area (Å²) >= 11 is 0. The van der Waals surface area contributed by atoms with Gasteiger partial charge in [-0.05, 0) is 36.5 Å². The molecule has 0 radical (unpaired) electrons. The highest BCUT2D eigenvalue weighted by Gasteiger charge is 2.35. The van der Waals surface area contributed by atoms with Crippen molar-refractivity contribution in [1.82, 2.24) is 4.90 Å². The van der Waals surface area contributed by atoms with Crippen molar-refractivity contribution in [3.05, 3.63) is 0 Å². The van der Waals surface area contributed by atoms with Crippen LogP contribution in [0.5, 0.6) is 0 Å². The van der Waals surface area contributed by atoms with Gasteiger partial charge in [0.1, 0.15) is 0 Å². The summed E-state index contributed by atoms with van der Waals surface area (Å²) in [5.74, 6) is 1.22. The van der Waals surface area contributed by atoms with Crippen LogP contribution in [0.25, 0.3) is 0 Å². The minimum atomic E-state index is -0.0913. The number of nitrogens with zero attached hydrogens (tertiary/aromatic N) is 1. The maximum absolute atomic E-state index is 10.2. The third-order valence-electron chi connectivity index (χ3n) is 4.76. The number of hydrogen-bond donors (Lipinski definition) is 1. The number of rotatable bonds is 2. The molecule has 2 aliphatic rings. The van der Waals surface area contributed by atoms with Crippen LogP contribution in [0.2, 0.25) is 0 Å². The van der Waals surface area contributed by atoms with Gasteiger partial charge in [0.15, 0.2) is 0 Å². The van der Waals surface area contributed by atoms with E-state index in [0.29, 0.717) is 11.3 Å². The molecule has 18 heavy (non-hydrogen) atoms. The first-order valence-corrected chi connectivity index (χ1v) is 7.45. The van der Waals surface area contributed by atoms with E-state index >= 15 is 0 Å². The molecule has 1 aliphatic carbocycles. The molecule has 2 fully saturated rings. The first-order valence-electron chi connectivity index (χ1n) is 7.45. The molecule has 0 aromatic carbocycles. The first-order chi connectivity index (χ1) is 8.47. The lowest BCUT2D eigenvalue weighted by molar-refractivity contribution is -0.0202. The SMILES string of the molecule is CC(C)(C)C1CCC(O)C(CN2CCOCC2)C1. The van der Waals surface area contributed by atoms with Gasteiger partial charge >= 0.3 is 0 Å². The molecule has 0 spiro atoms. The van der Waals surface area contributed by atoms with Crippen LogP contribution in [-0.2, 0) is 4.74 Å². The van der Waals surface area contributed by atoms with Gasteiger partial charge in [0.2, 0.25) is 0 Å². The van der Waals surface area contributed by atoms with Crippen LogP contribution in [0, 0.1) is 17.3 Å². The summed E-state index contributed by atoms with van der Waals surface area (Å²) in [4.78, 5) is 2.46. The molecular weight excluding hydrogens is 226 g/mol. The topological polar surface area (TPSA) is 32.7 Å². The standard InChI is InChI=1S/C15H29NO2/c1-15(2,3)13-4-5-14(17)12(10-13)11-16-6-8-18-9-7-16/h12-14,17H,4-11H2,1-3H3. The summed E-state index contributed by atoms with van der Waals surface area (Å²) in [6.07, 6.45) is 3.26. The molecule has 3 atom stereocenters. The van der Waals surface area contributed by atoms with Crippen molar-refractivity contribution in [2.45, 2.75) is 46.1 Å². The zero-order valence-electron chi connectivity index (χ0n) is 12.2.